The Kier molecular flexibility index (Phi) is 9.08. The van der Waals surface area contributed by atoms with Gasteiger partial charge >= 0.3 is 136 Å². The molecular formula is C19H31NSn. The number of hydrogen-bond donors (Lipinski definition) is 0. The molecule has 0 aliphatic carbocycles. The molecule has 0 aromatic heterocycles. The first kappa shape index (κ1) is 18.6. The van der Waals surface area contributed by atoms with Crippen LogP contribution in [-0.4, -0.2) is 18.4 Å². The number of unbranched alkanes of at least 4 members (excludes halogenated alkanes) is 3. The fourth-order valence-corrected chi connectivity index (χ4v) is 19.2. The fourth-order valence-electron chi connectivity index (χ4n) is 3.25. The van der Waals surface area contributed by atoms with Crippen LogP contribution >= 0.6 is 0 Å². The van der Waals surface area contributed by atoms with Crippen molar-refractivity contribution in [3.05, 3.63) is 29.8 Å². The summed E-state index contributed by atoms with van der Waals surface area (Å²) >= 11 is -2.25. The van der Waals surface area contributed by atoms with Crippen molar-refractivity contribution in [1.29, 1.82) is 5.26 Å². The summed E-state index contributed by atoms with van der Waals surface area (Å²) in [6.45, 7) is 6.94. The summed E-state index contributed by atoms with van der Waals surface area (Å²) in [7, 11) is 0. The van der Waals surface area contributed by atoms with Crippen LogP contribution in [0, 0.1) is 11.3 Å². The third kappa shape index (κ3) is 5.66. The number of hydrogen-bond acceptors (Lipinski definition) is 1. The quantitative estimate of drug-likeness (QED) is 0.475. The van der Waals surface area contributed by atoms with Crippen molar-refractivity contribution in [2.24, 2.45) is 0 Å². The Morgan fingerprint density at radius 3 is 1.57 bits per heavy atom. The summed E-state index contributed by atoms with van der Waals surface area (Å²) < 4.78 is 6.16. The van der Waals surface area contributed by atoms with E-state index in [-0.39, 0.29) is 0 Å². The summed E-state index contributed by atoms with van der Waals surface area (Å²) in [6, 6.07) is 11.0. The topological polar surface area (TPSA) is 23.8 Å². The molecule has 0 heterocycles. The van der Waals surface area contributed by atoms with Crippen LogP contribution in [0.3, 0.4) is 0 Å². The Hall–Kier alpha value is -0.491. The molecule has 1 nitrogen and oxygen atoms in total. The van der Waals surface area contributed by atoms with E-state index in [2.05, 4.69) is 39.0 Å². The standard InChI is InChI=1S/C7H4N.3C4H9.Sn/c8-6-7-4-2-1-3-5-7;3*1-3-4-2;/h2-5H;3*1,3-4H2,2H3;. The maximum atomic E-state index is 9.02. The number of nitriles is 1. The van der Waals surface area contributed by atoms with E-state index in [1.165, 1.54) is 51.8 Å². The van der Waals surface area contributed by atoms with Crippen molar-refractivity contribution < 1.29 is 0 Å². The third-order valence-electron chi connectivity index (χ3n) is 4.65. The molecule has 0 spiro atoms. The summed E-state index contributed by atoms with van der Waals surface area (Å²) in [5.41, 5.74) is 0.806. The van der Waals surface area contributed by atoms with Crippen LogP contribution in [0.1, 0.15) is 64.9 Å². The Balaban J connectivity index is 3.06. The number of nitrogens with zero attached hydrogens (tertiary/aromatic N) is 1. The maximum absolute atomic E-state index is 9.02. The minimum absolute atomic E-state index is 0.806. The average Bonchev–Trinajstić information content (AvgIpc) is 2.55. The van der Waals surface area contributed by atoms with Crippen molar-refractivity contribution in [3.8, 4) is 6.07 Å². The van der Waals surface area contributed by atoms with Crippen molar-refractivity contribution in [2.75, 3.05) is 0 Å². The van der Waals surface area contributed by atoms with Gasteiger partial charge in [-0.25, -0.2) is 0 Å². The van der Waals surface area contributed by atoms with Gasteiger partial charge in [0.25, 0.3) is 0 Å². The van der Waals surface area contributed by atoms with Crippen molar-refractivity contribution in [3.63, 3.8) is 0 Å². The molecular weight excluding hydrogens is 361 g/mol. The summed E-state index contributed by atoms with van der Waals surface area (Å²) in [5, 5.41) is 9.02. The van der Waals surface area contributed by atoms with Crippen molar-refractivity contribution in [1.82, 2.24) is 0 Å². The molecule has 1 aromatic carbocycles. The van der Waals surface area contributed by atoms with Gasteiger partial charge in [-0.2, -0.15) is 0 Å². The van der Waals surface area contributed by atoms with Gasteiger partial charge in [0.15, 0.2) is 0 Å². The van der Waals surface area contributed by atoms with Gasteiger partial charge < -0.3 is 0 Å². The van der Waals surface area contributed by atoms with Crippen molar-refractivity contribution >= 4 is 22.0 Å². The molecule has 1 rings (SSSR count). The normalized spacial score (nSPS) is 11.3. The zero-order valence-electron chi connectivity index (χ0n) is 14.1. The van der Waals surface area contributed by atoms with Crippen LogP contribution in [0.15, 0.2) is 24.3 Å². The van der Waals surface area contributed by atoms with E-state index >= 15 is 0 Å². The second-order valence-electron chi connectivity index (χ2n) is 6.28. The molecule has 0 atom stereocenters. The molecule has 116 valence electrons. The zero-order valence-corrected chi connectivity index (χ0v) is 17.0. The van der Waals surface area contributed by atoms with Crippen molar-refractivity contribution in [2.45, 2.75) is 72.6 Å². The first-order chi connectivity index (χ1) is 10.2. The van der Waals surface area contributed by atoms with Gasteiger partial charge in [0.1, 0.15) is 0 Å². The number of benzene rings is 1. The number of rotatable bonds is 10. The Morgan fingerprint density at radius 1 is 0.810 bits per heavy atom. The molecule has 0 saturated carbocycles. The van der Waals surface area contributed by atoms with Gasteiger partial charge in [0.05, 0.1) is 0 Å². The molecule has 0 fully saturated rings. The van der Waals surface area contributed by atoms with E-state index in [1.807, 2.05) is 12.1 Å². The zero-order chi connectivity index (χ0) is 15.6. The fraction of sp³-hybridized carbons (Fsp3) is 0.632. The van der Waals surface area contributed by atoms with E-state index < -0.39 is 18.4 Å². The second-order valence-corrected chi connectivity index (χ2v) is 19.5. The average molecular weight is 392 g/mol. The minimum atomic E-state index is -2.25. The molecule has 0 saturated heterocycles. The molecule has 1 aromatic rings. The molecule has 0 aliphatic heterocycles. The Bertz CT molecular complexity index is 408. The van der Waals surface area contributed by atoms with Crippen LogP contribution in [0.2, 0.25) is 13.3 Å². The van der Waals surface area contributed by atoms with E-state index in [4.69, 9.17) is 5.26 Å². The van der Waals surface area contributed by atoms with Crippen LogP contribution in [0.4, 0.5) is 0 Å². The predicted molar refractivity (Wildman–Crippen MR) is 95.7 cm³/mol. The first-order valence-electron chi connectivity index (χ1n) is 8.73. The van der Waals surface area contributed by atoms with Gasteiger partial charge in [0, 0.05) is 0 Å². The molecule has 2 heteroatoms. The van der Waals surface area contributed by atoms with Gasteiger partial charge in [-0.15, -0.1) is 0 Å². The van der Waals surface area contributed by atoms with Gasteiger partial charge in [-0.1, -0.05) is 0 Å². The third-order valence-corrected chi connectivity index (χ3v) is 20.3. The molecule has 0 amide bonds. The van der Waals surface area contributed by atoms with Gasteiger partial charge in [0.2, 0.25) is 0 Å². The summed E-state index contributed by atoms with van der Waals surface area (Å²) in [4.78, 5) is 0. The van der Waals surface area contributed by atoms with E-state index in [1.54, 1.807) is 3.58 Å². The molecule has 21 heavy (non-hydrogen) atoms. The van der Waals surface area contributed by atoms with Crippen LogP contribution in [-0.2, 0) is 0 Å². The SMILES string of the molecule is CCC[CH2][Sn]([CH2]CCC)([CH2]CCC)[c]1ccc(C#N)cc1. The van der Waals surface area contributed by atoms with Crippen LogP contribution in [0.5, 0.6) is 0 Å². The summed E-state index contributed by atoms with van der Waals surface area (Å²) in [5.74, 6) is 0. The van der Waals surface area contributed by atoms with E-state index in [0.29, 0.717) is 0 Å². The molecule has 0 aliphatic rings. The van der Waals surface area contributed by atoms with Crippen LogP contribution in [0.25, 0.3) is 0 Å². The molecule has 0 unspecified atom stereocenters. The van der Waals surface area contributed by atoms with E-state index in [0.717, 1.165) is 5.56 Å². The van der Waals surface area contributed by atoms with Gasteiger partial charge in [-0.05, 0) is 0 Å². The van der Waals surface area contributed by atoms with Gasteiger partial charge in [-0.3, -0.25) is 0 Å². The van der Waals surface area contributed by atoms with E-state index in [9.17, 15) is 0 Å². The summed E-state index contributed by atoms with van der Waals surface area (Å²) in [6.07, 6.45) is 8.12. The Labute approximate surface area is 135 Å². The Morgan fingerprint density at radius 2 is 1.24 bits per heavy atom. The monoisotopic (exact) mass is 393 g/mol. The second kappa shape index (κ2) is 10.3. The predicted octanol–water partition coefficient (Wildman–Crippen LogP) is 5.61. The molecule has 0 N–H and O–H groups in total. The molecule has 0 bridgehead atoms. The molecule has 0 radical (unpaired) electrons. The van der Waals surface area contributed by atoms with Crippen LogP contribution < -0.4 is 3.58 Å². The first-order valence-corrected chi connectivity index (χ1v) is 16.2.